The molecule has 0 spiro atoms. The molecule has 0 aliphatic carbocycles. The number of rotatable bonds is 4. The summed E-state index contributed by atoms with van der Waals surface area (Å²) in [7, 11) is -3.49. The number of hydrogen-bond acceptors (Lipinski definition) is 3. The molecule has 0 amide bonds. The van der Waals surface area contributed by atoms with Gasteiger partial charge in [-0.05, 0) is 44.0 Å². The molecule has 18 heavy (non-hydrogen) atoms. The maximum absolute atomic E-state index is 13.1. The van der Waals surface area contributed by atoms with E-state index in [0.29, 0.717) is 5.56 Å². The van der Waals surface area contributed by atoms with Crippen molar-refractivity contribution in [1.29, 1.82) is 0 Å². The van der Waals surface area contributed by atoms with Crippen molar-refractivity contribution in [3.8, 4) is 0 Å². The molecule has 0 heterocycles. The molecule has 1 rings (SSSR count). The number of carbonyl (C=O) groups is 1. The van der Waals surface area contributed by atoms with E-state index in [-0.39, 0.29) is 6.42 Å². The van der Waals surface area contributed by atoms with Gasteiger partial charge < -0.3 is 0 Å². The second-order valence-electron chi connectivity index (χ2n) is 4.95. The lowest BCUT2D eigenvalue weighted by Gasteiger charge is -2.21. The van der Waals surface area contributed by atoms with Gasteiger partial charge in [-0.3, -0.25) is 4.79 Å². The summed E-state index contributed by atoms with van der Waals surface area (Å²) in [5.74, 6) is -0.862. The van der Waals surface area contributed by atoms with E-state index < -0.39 is 26.2 Å². The molecule has 0 aliphatic rings. The molecule has 0 bridgehead atoms. The molecule has 0 N–H and O–H groups in total. The number of ketones is 1. The summed E-state index contributed by atoms with van der Waals surface area (Å²) in [5, 5.41) is 0. The fourth-order valence-electron chi connectivity index (χ4n) is 1.42. The first-order chi connectivity index (χ1) is 8.05. The van der Waals surface area contributed by atoms with Gasteiger partial charge in [-0.1, -0.05) is 6.07 Å². The van der Waals surface area contributed by atoms with Crippen molar-refractivity contribution in [2.24, 2.45) is 0 Å². The Bertz CT molecular complexity index is 574. The summed E-state index contributed by atoms with van der Waals surface area (Å²) in [6.07, 6.45) is 0.951. The van der Waals surface area contributed by atoms with Crippen LogP contribution in [0, 0.1) is 12.7 Å². The minimum Gasteiger partial charge on any atom is -0.298 e. The Kier molecular flexibility index (Phi) is 3.96. The summed E-state index contributed by atoms with van der Waals surface area (Å²) in [5.41, 5.74) is 1.30. The van der Waals surface area contributed by atoms with Crippen LogP contribution >= 0.6 is 0 Å². The van der Waals surface area contributed by atoms with Crippen LogP contribution in [0.5, 0.6) is 0 Å². The second kappa shape index (κ2) is 4.80. The Hall–Kier alpha value is -1.23. The number of aryl methyl sites for hydroxylation is 1. The Morgan fingerprint density at radius 3 is 2.39 bits per heavy atom. The van der Waals surface area contributed by atoms with Crippen LogP contribution in [0.2, 0.25) is 0 Å². The largest absolute Gasteiger partial charge is 0.298 e. The Labute approximate surface area is 107 Å². The average Bonchev–Trinajstić information content (AvgIpc) is 2.21. The Morgan fingerprint density at radius 2 is 1.89 bits per heavy atom. The zero-order valence-electron chi connectivity index (χ0n) is 11.0. The predicted octanol–water partition coefficient (Wildman–Crippen LogP) is 2.07. The summed E-state index contributed by atoms with van der Waals surface area (Å²) >= 11 is 0. The van der Waals surface area contributed by atoms with Gasteiger partial charge in [-0.2, -0.15) is 0 Å². The number of hydrogen-bond donors (Lipinski definition) is 0. The van der Waals surface area contributed by atoms with E-state index in [9.17, 15) is 17.6 Å². The number of carbonyl (C=O) groups excluding carboxylic acids is 1. The highest BCUT2D eigenvalue weighted by atomic mass is 32.2. The Morgan fingerprint density at radius 1 is 1.33 bits per heavy atom. The van der Waals surface area contributed by atoms with Gasteiger partial charge in [0.15, 0.2) is 15.6 Å². The molecule has 1 aromatic rings. The lowest BCUT2D eigenvalue weighted by molar-refractivity contribution is -0.120. The number of benzene rings is 1. The summed E-state index contributed by atoms with van der Waals surface area (Å²) in [4.78, 5) is 12.0. The van der Waals surface area contributed by atoms with Gasteiger partial charge in [0, 0.05) is 12.7 Å². The second-order valence-corrected chi connectivity index (χ2v) is 7.52. The van der Waals surface area contributed by atoms with Gasteiger partial charge in [-0.25, -0.2) is 12.8 Å². The quantitative estimate of drug-likeness (QED) is 0.843. The molecule has 1 aromatic carbocycles. The van der Waals surface area contributed by atoms with Gasteiger partial charge in [0.1, 0.15) is 10.6 Å². The number of sulfone groups is 1. The van der Waals surface area contributed by atoms with Crippen LogP contribution in [0.4, 0.5) is 4.39 Å². The smallest absolute Gasteiger partial charge is 0.159 e. The molecule has 0 aliphatic heterocycles. The molecular weight excluding hydrogens is 255 g/mol. The van der Waals surface area contributed by atoms with Gasteiger partial charge in [0.2, 0.25) is 0 Å². The molecular formula is C13H17FO3S. The third-order valence-electron chi connectivity index (χ3n) is 3.26. The van der Waals surface area contributed by atoms with Gasteiger partial charge in [0.05, 0.1) is 0 Å². The fourth-order valence-corrected chi connectivity index (χ4v) is 1.91. The van der Waals surface area contributed by atoms with Crippen LogP contribution in [0.15, 0.2) is 18.2 Å². The molecule has 0 unspecified atom stereocenters. The predicted molar refractivity (Wildman–Crippen MR) is 68.8 cm³/mol. The van der Waals surface area contributed by atoms with E-state index in [4.69, 9.17) is 0 Å². The highest BCUT2D eigenvalue weighted by molar-refractivity contribution is 7.92. The fraction of sp³-hybridized carbons (Fsp3) is 0.462. The highest BCUT2D eigenvalue weighted by Gasteiger charge is 2.37. The maximum Gasteiger partial charge on any atom is 0.159 e. The average molecular weight is 272 g/mol. The zero-order chi connectivity index (χ0) is 14.1. The molecule has 0 fully saturated rings. The summed E-state index contributed by atoms with van der Waals surface area (Å²) in [6, 6.07) is 4.15. The minimum absolute atomic E-state index is 0.0797. The maximum atomic E-state index is 13.1. The van der Waals surface area contributed by atoms with E-state index in [1.165, 1.54) is 26.0 Å². The first-order valence-electron chi connectivity index (χ1n) is 5.53. The number of Topliss-reactive ketones (excluding diaryl/α,β-unsaturated/α-hetero) is 1. The van der Waals surface area contributed by atoms with Crippen LogP contribution in [-0.4, -0.2) is 25.2 Å². The van der Waals surface area contributed by atoms with Crippen LogP contribution in [0.1, 0.15) is 25.0 Å². The van der Waals surface area contributed by atoms with Crippen LogP contribution < -0.4 is 0 Å². The van der Waals surface area contributed by atoms with Crippen molar-refractivity contribution in [3.05, 3.63) is 35.1 Å². The molecule has 0 saturated carbocycles. The van der Waals surface area contributed by atoms with E-state index in [1.54, 1.807) is 13.0 Å². The first-order valence-corrected chi connectivity index (χ1v) is 7.43. The van der Waals surface area contributed by atoms with Crippen LogP contribution in [0.3, 0.4) is 0 Å². The molecule has 3 nitrogen and oxygen atoms in total. The minimum atomic E-state index is -3.49. The van der Waals surface area contributed by atoms with Crippen molar-refractivity contribution in [2.45, 2.75) is 31.9 Å². The third kappa shape index (κ3) is 2.96. The van der Waals surface area contributed by atoms with Gasteiger partial charge >= 0.3 is 0 Å². The first kappa shape index (κ1) is 14.8. The van der Waals surface area contributed by atoms with Crippen molar-refractivity contribution < 1.29 is 17.6 Å². The molecule has 5 heteroatoms. The lowest BCUT2D eigenvalue weighted by atomic mass is 9.97. The summed E-state index contributed by atoms with van der Waals surface area (Å²) < 4.78 is 34.7. The number of halogens is 1. The lowest BCUT2D eigenvalue weighted by Crippen LogP contribution is -2.41. The van der Waals surface area contributed by atoms with E-state index in [0.717, 1.165) is 11.8 Å². The van der Waals surface area contributed by atoms with Crippen LogP contribution in [0.25, 0.3) is 0 Å². The molecule has 0 saturated heterocycles. The van der Waals surface area contributed by atoms with Crippen molar-refractivity contribution in [2.75, 3.05) is 6.26 Å². The highest BCUT2D eigenvalue weighted by Crippen LogP contribution is 2.20. The molecule has 0 radical (unpaired) electrons. The molecule has 100 valence electrons. The monoisotopic (exact) mass is 272 g/mol. The van der Waals surface area contributed by atoms with Gasteiger partial charge in [-0.15, -0.1) is 0 Å². The van der Waals surface area contributed by atoms with E-state index in [1.807, 2.05) is 0 Å². The summed E-state index contributed by atoms with van der Waals surface area (Å²) in [6.45, 7) is 4.51. The van der Waals surface area contributed by atoms with E-state index >= 15 is 0 Å². The van der Waals surface area contributed by atoms with Crippen molar-refractivity contribution in [1.82, 2.24) is 0 Å². The van der Waals surface area contributed by atoms with Gasteiger partial charge in [0.25, 0.3) is 0 Å². The van der Waals surface area contributed by atoms with Crippen LogP contribution in [-0.2, 0) is 21.1 Å². The third-order valence-corrected chi connectivity index (χ3v) is 5.34. The normalized spacial score (nSPS) is 12.5. The van der Waals surface area contributed by atoms with Crippen molar-refractivity contribution >= 4 is 15.6 Å². The molecule has 0 atom stereocenters. The molecule has 0 aromatic heterocycles. The SMILES string of the molecule is Cc1ccc(F)cc1CC(=O)C(C)(C)S(C)(=O)=O. The topological polar surface area (TPSA) is 51.2 Å². The zero-order valence-corrected chi connectivity index (χ0v) is 11.8. The standard InChI is InChI=1S/C13H17FO3S/c1-9-5-6-11(14)7-10(9)8-12(15)13(2,3)18(4,16)17/h5-7H,8H2,1-4H3. The Balaban J connectivity index is 3.06. The van der Waals surface area contributed by atoms with Crippen molar-refractivity contribution in [3.63, 3.8) is 0 Å². The van der Waals surface area contributed by atoms with E-state index in [2.05, 4.69) is 0 Å².